The van der Waals surface area contributed by atoms with E-state index in [9.17, 15) is 9.59 Å². The zero-order chi connectivity index (χ0) is 17.5. The quantitative estimate of drug-likeness (QED) is 0.625. The number of pyridine rings is 1. The van der Waals surface area contributed by atoms with Crippen LogP contribution in [0.4, 0.5) is 0 Å². The first-order chi connectivity index (χ1) is 11.5. The molecule has 0 spiro atoms. The minimum Gasteiger partial charge on any atom is -0.469 e. The number of carbonyl (C=O) groups is 2. The number of nitrogens with one attached hydrogen (secondary N) is 1. The Balaban J connectivity index is 1.94. The zero-order valence-electron chi connectivity index (χ0n) is 14.5. The first-order valence-corrected chi connectivity index (χ1v) is 8.24. The highest BCUT2D eigenvalue weighted by Gasteiger charge is 2.12. The van der Waals surface area contributed by atoms with Crippen LogP contribution in [0.1, 0.15) is 47.3 Å². The van der Waals surface area contributed by atoms with E-state index in [1.807, 2.05) is 38.1 Å². The van der Waals surface area contributed by atoms with E-state index in [2.05, 4.69) is 15.0 Å². The predicted molar refractivity (Wildman–Crippen MR) is 94.0 cm³/mol. The summed E-state index contributed by atoms with van der Waals surface area (Å²) in [4.78, 5) is 28.0. The van der Waals surface area contributed by atoms with Crippen molar-refractivity contribution < 1.29 is 14.3 Å². The van der Waals surface area contributed by atoms with Gasteiger partial charge in [-0.05, 0) is 44.9 Å². The molecule has 0 atom stereocenters. The van der Waals surface area contributed by atoms with Gasteiger partial charge in [-0.2, -0.15) is 0 Å². The van der Waals surface area contributed by atoms with Gasteiger partial charge in [-0.1, -0.05) is 18.1 Å². The summed E-state index contributed by atoms with van der Waals surface area (Å²) in [6.45, 7) is 4.49. The Hall–Kier alpha value is -2.43. The highest BCUT2D eigenvalue weighted by atomic mass is 16.5. The molecule has 2 aromatic rings. The Morgan fingerprint density at radius 2 is 1.92 bits per heavy atom. The molecule has 5 heteroatoms. The van der Waals surface area contributed by atoms with Crippen molar-refractivity contribution in [1.82, 2.24) is 10.3 Å². The molecule has 0 aliphatic carbocycles. The van der Waals surface area contributed by atoms with Gasteiger partial charge < -0.3 is 10.1 Å². The van der Waals surface area contributed by atoms with E-state index in [-0.39, 0.29) is 11.9 Å². The molecule has 24 heavy (non-hydrogen) atoms. The number of unbranched alkanes of at least 4 members (excludes halogenated alkanes) is 2. The highest BCUT2D eigenvalue weighted by molar-refractivity contribution is 6.06. The van der Waals surface area contributed by atoms with Gasteiger partial charge in [0.05, 0.1) is 18.2 Å². The number of nitrogens with zero attached hydrogens (tertiary/aromatic N) is 1. The molecule has 0 radical (unpaired) electrons. The van der Waals surface area contributed by atoms with Crippen LogP contribution in [0.15, 0.2) is 24.3 Å². The molecule has 1 N–H and O–H groups in total. The number of esters is 1. The fourth-order valence-corrected chi connectivity index (χ4v) is 2.63. The highest BCUT2D eigenvalue weighted by Crippen LogP contribution is 2.20. The van der Waals surface area contributed by atoms with Gasteiger partial charge in [-0.25, -0.2) is 0 Å². The molecular formula is C19H24N2O3. The van der Waals surface area contributed by atoms with Crippen molar-refractivity contribution in [3.63, 3.8) is 0 Å². The third-order valence-corrected chi connectivity index (χ3v) is 3.91. The number of hydrogen-bond acceptors (Lipinski definition) is 4. The van der Waals surface area contributed by atoms with Gasteiger partial charge in [0, 0.05) is 24.0 Å². The van der Waals surface area contributed by atoms with E-state index < -0.39 is 0 Å². The number of methoxy groups -OCH3 is 1. The molecule has 1 heterocycles. The fourth-order valence-electron chi connectivity index (χ4n) is 2.63. The number of ether oxygens (including phenoxy) is 1. The van der Waals surface area contributed by atoms with Gasteiger partial charge in [-0.15, -0.1) is 0 Å². The van der Waals surface area contributed by atoms with Gasteiger partial charge in [-0.3, -0.25) is 14.6 Å². The maximum Gasteiger partial charge on any atom is 0.305 e. The van der Waals surface area contributed by atoms with Crippen molar-refractivity contribution in [2.24, 2.45) is 0 Å². The summed E-state index contributed by atoms with van der Waals surface area (Å²) in [5.41, 5.74) is 3.43. The minimum absolute atomic E-state index is 0.0796. The van der Waals surface area contributed by atoms with Gasteiger partial charge in [0.15, 0.2) is 0 Å². The van der Waals surface area contributed by atoms with E-state index >= 15 is 0 Å². The number of aryl methyl sites for hydroxylation is 2. The second-order valence-corrected chi connectivity index (χ2v) is 5.97. The number of hydrogen-bond donors (Lipinski definition) is 1. The normalized spacial score (nSPS) is 10.6. The van der Waals surface area contributed by atoms with E-state index in [1.54, 1.807) is 0 Å². The SMILES string of the molecule is COC(=O)CCCCCNC(=O)c1cc(C)nc2ccc(C)cc12. The summed E-state index contributed by atoms with van der Waals surface area (Å²) in [7, 11) is 1.39. The van der Waals surface area contributed by atoms with E-state index in [0.29, 0.717) is 18.5 Å². The van der Waals surface area contributed by atoms with E-state index in [0.717, 1.165) is 41.4 Å². The van der Waals surface area contributed by atoms with Gasteiger partial charge >= 0.3 is 5.97 Å². The summed E-state index contributed by atoms with van der Waals surface area (Å²) in [5, 5.41) is 3.84. The summed E-state index contributed by atoms with van der Waals surface area (Å²) in [6, 6.07) is 7.76. The lowest BCUT2D eigenvalue weighted by Gasteiger charge is -2.10. The molecule has 0 bridgehead atoms. The Labute approximate surface area is 142 Å². The Kier molecular flexibility index (Phi) is 6.29. The Morgan fingerprint density at radius 3 is 2.67 bits per heavy atom. The molecule has 5 nitrogen and oxygen atoms in total. The van der Waals surface area contributed by atoms with Crippen molar-refractivity contribution >= 4 is 22.8 Å². The van der Waals surface area contributed by atoms with Crippen molar-refractivity contribution in [1.29, 1.82) is 0 Å². The number of fused-ring (bicyclic) bond motifs is 1. The zero-order valence-corrected chi connectivity index (χ0v) is 14.5. The summed E-state index contributed by atoms with van der Waals surface area (Å²) in [5.74, 6) is -0.266. The van der Waals surface area contributed by atoms with Crippen LogP contribution in [-0.4, -0.2) is 30.5 Å². The molecule has 2 rings (SSSR count). The van der Waals surface area contributed by atoms with Crippen LogP contribution in [0.5, 0.6) is 0 Å². The molecule has 0 saturated carbocycles. The molecule has 128 valence electrons. The van der Waals surface area contributed by atoms with Gasteiger partial charge in [0.25, 0.3) is 5.91 Å². The number of amides is 1. The molecule has 0 unspecified atom stereocenters. The predicted octanol–water partition coefficient (Wildman–Crippen LogP) is 3.31. The molecule has 0 fully saturated rings. The minimum atomic E-state index is -0.187. The molecule has 1 aromatic heterocycles. The number of aromatic nitrogens is 1. The maximum atomic E-state index is 12.5. The maximum absolute atomic E-state index is 12.5. The molecule has 0 saturated heterocycles. The van der Waals surface area contributed by atoms with Gasteiger partial charge in [0.2, 0.25) is 0 Å². The Morgan fingerprint density at radius 1 is 1.12 bits per heavy atom. The third-order valence-electron chi connectivity index (χ3n) is 3.91. The topological polar surface area (TPSA) is 68.3 Å². The fraction of sp³-hybridized carbons (Fsp3) is 0.421. The summed E-state index contributed by atoms with van der Waals surface area (Å²) < 4.78 is 4.60. The van der Waals surface area contributed by atoms with Crippen LogP contribution in [0.3, 0.4) is 0 Å². The molecule has 0 aliphatic rings. The monoisotopic (exact) mass is 328 g/mol. The molecular weight excluding hydrogens is 304 g/mol. The number of benzene rings is 1. The Bertz CT molecular complexity index is 741. The number of carbonyl (C=O) groups excluding carboxylic acids is 2. The first-order valence-electron chi connectivity index (χ1n) is 8.24. The van der Waals surface area contributed by atoms with E-state index in [4.69, 9.17) is 0 Å². The van der Waals surface area contributed by atoms with Crippen LogP contribution < -0.4 is 5.32 Å². The average Bonchev–Trinajstić information content (AvgIpc) is 2.57. The number of rotatable bonds is 7. The van der Waals surface area contributed by atoms with Crippen LogP contribution in [0, 0.1) is 13.8 Å². The first kappa shape index (κ1) is 17.9. The molecule has 1 aromatic carbocycles. The van der Waals surface area contributed by atoms with Crippen LogP contribution in [0.25, 0.3) is 10.9 Å². The lowest BCUT2D eigenvalue weighted by atomic mass is 10.0. The average molecular weight is 328 g/mol. The smallest absolute Gasteiger partial charge is 0.305 e. The lowest BCUT2D eigenvalue weighted by Crippen LogP contribution is -2.25. The second-order valence-electron chi connectivity index (χ2n) is 5.97. The summed E-state index contributed by atoms with van der Waals surface area (Å²) in [6.07, 6.45) is 2.92. The lowest BCUT2D eigenvalue weighted by molar-refractivity contribution is -0.140. The van der Waals surface area contributed by atoms with Crippen molar-refractivity contribution in [3.8, 4) is 0 Å². The van der Waals surface area contributed by atoms with E-state index in [1.165, 1.54) is 7.11 Å². The third kappa shape index (κ3) is 4.78. The van der Waals surface area contributed by atoms with Crippen LogP contribution >= 0.6 is 0 Å². The standard InChI is InChI=1S/C19H24N2O3/c1-13-8-9-17-15(11-13)16(12-14(2)21-17)19(23)20-10-6-4-5-7-18(22)24-3/h8-9,11-12H,4-7,10H2,1-3H3,(H,20,23). The van der Waals surface area contributed by atoms with Crippen molar-refractivity contribution in [2.45, 2.75) is 39.5 Å². The summed E-state index contributed by atoms with van der Waals surface area (Å²) >= 11 is 0. The van der Waals surface area contributed by atoms with Gasteiger partial charge in [0.1, 0.15) is 0 Å². The molecule has 0 aliphatic heterocycles. The second kappa shape index (κ2) is 8.43. The van der Waals surface area contributed by atoms with Crippen molar-refractivity contribution in [2.75, 3.05) is 13.7 Å². The molecule has 1 amide bonds. The van der Waals surface area contributed by atoms with Crippen molar-refractivity contribution in [3.05, 3.63) is 41.1 Å². The van der Waals surface area contributed by atoms with Crippen LogP contribution in [0.2, 0.25) is 0 Å². The van der Waals surface area contributed by atoms with Crippen LogP contribution in [-0.2, 0) is 9.53 Å². The largest absolute Gasteiger partial charge is 0.469 e.